The highest BCUT2D eigenvalue weighted by molar-refractivity contribution is 5.78. The van der Waals surface area contributed by atoms with Crippen molar-refractivity contribution in [3.63, 3.8) is 0 Å². The first-order chi connectivity index (χ1) is 6.53. The Morgan fingerprint density at radius 2 is 2.21 bits per heavy atom. The van der Waals surface area contributed by atoms with Crippen molar-refractivity contribution in [2.45, 2.75) is 31.4 Å². The molecule has 0 saturated heterocycles. The first-order valence-corrected chi connectivity index (χ1v) is 4.87. The number of carbonyl (C=O) groups is 1. The van der Waals surface area contributed by atoms with Gasteiger partial charge in [-0.25, -0.2) is 0 Å². The van der Waals surface area contributed by atoms with Gasteiger partial charge in [0.25, 0.3) is 0 Å². The predicted octanol–water partition coefficient (Wildman–Crippen LogP) is -1.40. The maximum atomic E-state index is 11.1. The number of hydrogen-bond acceptors (Lipinski definition) is 4. The lowest BCUT2D eigenvalue weighted by Crippen LogP contribution is -2.44. The zero-order chi connectivity index (χ0) is 10.6. The number of carbonyl (C=O) groups excluding carboxylic acids is 1. The lowest BCUT2D eigenvalue weighted by Gasteiger charge is -2.20. The Balaban J connectivity index is 2.04. The molecule has 1 fully saturated rings. The summed E-state index contributed by atoms with van der Waals surface area (Å²) in [7, 11) is 0. The summed E-state index contributed by atoms with van der Waals surface area (Å²) in [6, 6.07) is 0.364. The normalized spacial score (nSPS) is 20.2. The summed E-state index contributed by atoms with van der Waals surface area (Å²) < 4.78 is 0. The molecule has 0 aliphatic heterocycles. The molecule has 0 bridgehead atoms. The zero-order valence-electron chi connectivity index (χ0n) is 8.42. The van der Waals surface area contributed by atoms with Gasteiger partial charge in [-0.2, -0.15) is 0 Å². The highest BCUT2D eigenvalue weighted by Crippen LogP contribution is 2.18. The third-order valence-electron chi connectivity index (χ3n) is 2.07. The van der Waals surface area contributed by atoms with Crippen molar-refractivity contribution in [1.29, 1.82) is 0 Å². The first-order valence-electron chi connectivity index (χ1n) is 4.87. The van der Waals surface area contributed by atoms with E-state index in [0.29, 0.717) is 6.04 Å². The molecule has 82 valence electrons. The molecule has 1 unspecified atom stereocenters. The molecule has 0 aromatic carbocycles. The molecule has 14 heavy (non-hydrogen) atoms. The van der Waals surface area contributed by atoms with E-state index in [0.717, 1.165) is 12.8 Å². The van der Waals surface area contributed by atoms with Gasteiger partial charge in [0.1, 0.15) is 0 Å². The van der Waals surface area contributed by atoms with Gasteiger partial charge in [-0.3, -0.25) is 4.79 Å². The summed E-state index contributed by atoms with van der Waals surface area (Å²) in [4.78, 5) is 11.1. The van der Waals surface area contributed by atoms with Crippen LogP contribution in [0.25, 0.3) is 0 Å². The van der Waals surface area contributed by atoms with Crippen LogP contribution in [0.15, 0.2) is 0 Å². The van der Waals surface area contributed by atoms with Crippen LogP contribution in [-0.4, -0.2) is 47.5 Å². The maximum Gasteiger partial charge on any atom is 0.234 e. The Bertz CT molecular complexity index is 202. The standard InChI is InChI=1S/C9H18N2O3/c1-9(14,6-12)5-10-4-8(13)11-7-2-3-7/h7,10,12,14H,2-6H2,1H3,(H,11,13). The van der Waals surface area contributed by atoms with Crippen LogP contribution in [0.4, 0.5) is 0 Å². The zero-order valence-corrected chi connectivity index (χ0v) is 8.42. The predicted molar refractivity (Wildman–Crippen MR) is 51.7 cm³/mol. The molecule has 1 amide bonds. The Morgan fingerprint density at radius 3 is 2.71 bits per heavy atom. The molecule has 1 aliphatic rings. The lowest BCUT2D eigenvalue weighted by atomic mass is 10.1. The van der Waals surface area contributed by atoms with Crippen LogP contribution in [0, 0.1) is 0 Å². The molecule has 0 radical (unpaired) electrons. The van der Waals surface area contributed by atoms with Crippen LogP contribution in [0.2, 0.25) is 0 Å². The molecule has 1 aliphatic carbocycles. The molecule has 5 heteroatoms. The summed E-state index contributed by atoms with van der Waals surface area (Å²) in [6.07, 6.45) is 2.14. The van der Waals surface area contributed by atoms with Crippen LogP contribution in [-0.2, 0) is 4.79 Å². The molecule has 0 aromatic rings. The van der Waals surface area contributed by atoms with E-state index in [9.17, 15) is 9.90 Å². The topological polar surface area (TPSA) is 81.6 Å². The van der Waals surface area contributed by atoms with Gasteiger partial charge < -0.3 is 20.8 Å². The van der Waals surface area contributed by atoms with Crippen LogP contribution < -0.4 is 10.6 Å². The molecule has 1 atom stereocenters. The van der Waals surface area contributed by atoms with E-state index in [2.05, 4.69) is 10.6 Å². The molecular weight excluding hydrogens is 184 g/mol. The molecule has 0 heterocycles. The Labute approximate surface area is 83.5 Å². The first kappa shape index (κ1) is 11.4. The van der Waals surface area contributed by atoms with E-state index in [-0.39, 0.29) is 25.6 Å². The number of aliphatic hydroxyl groups is 2. The highest BCUT2D eigenvalue weighted by atomic mass is 16.3. The lowest BCUT2D eigenvalue weighted by molar-refractivity contribution is -0.120. The summed E-state index contributed by atoms with van der Waals surface area (Å²) in [5.74, 6) is -0.0544. The van der Waals surface area contributed by atoms with E-state index in [1.807, 2.05) is 0 Å². The van der Waals surface area contributed by atoms with E-state index < -0.39 is 5.60 Å². The largest absolute Gasteiger partial charge is 0.393 e. The van der Waals surface area contributed by atoms with Gasteiger partial charge >= 0.3 is 0 Å². The molecular formula is C9H18N2O3. The highest BCUT2D eigenvalue weighted by Gasteiger charge is 2.23. The second-order valence-electron chi connectivity index (χ2n) is 4.10. The van der Waals surface area contributed by atoms with Crippen molar-refractivity contribution in [2.24, 2.45) is 0 Å². The van der Waals surface area contributed by atoms with Crippen LogP contribution in [0.1, 0.15) is 19.8 Å². The number of amides is 1. The number of nitrogens with one attached hydrogen (secondary N) is 2. The van der Waals surface area contributed by atoms with Gasteiger partial charge in [0.05, 0.1) is 18.8 Å². The Morgan fingerprint density at radius 1 is 1.57 bits per heavy atom. The fourth-order valence-corrected chi connectivity index (χ4v) is 1.01. The van der Waals surface area contributed by atoms with E-state index >= 15 is 0 Å². The molecule has 1 saturated carbocycles. The van der Waals surface area contributed by atoms with Crippen molar-refractivity contribution in [2.75, 3.05) is 19.7 Å². The third-order valence-corrected chi connectivity index (χ3v) is 2.07. The van der Waals surface area contributed by atoms with Gasteiger partial charge in [-0.1, -0.05) is 0 Å². The fraction of sp³-hybridized carbons (Fsp3) is 0.889. The van der Waals surface area contributed by atoms with E-state index in [1.165, 1.54) is 6.92 Å². The van der Waals surface area contributed by atoms with Gasteiger partial charge in [-0.15, -0.1) is 0 Å². The second-order valence-corrected chi connectivity index (χ2v) is 4.10. The number of rotatable bonds is 6. The van der Waals surface area contributed by atoms with E-state index in [4.69, 9.17) is 5.11 Å². The molecule has 5 nitrogen and oxygen atoms in total. The second kappa shape index (κ2) is 4.72. The van der Waals surface area contributed by atoms with Gasteiger partial charge in [0, 0.05) is 12.6 Å². The Hall–Kier alpha value is -0.650. The van der Waals surface area contributed by atoms with Crippen LogP contribution in [0.5, 0.6) is 0 Å². The fourth-order valence-electron chi connectivity index (χ4n) is 1.01. The van der Waals surface area contributed by atoms with Crippen molar-refractivity contribution in [3.05, 3.63) is 0 Å². The van der Waals surface area contributed by atoms with Crippen LogP contribution in [0.3, 0.4) is 0 Å². The smallest absolute Gasteiger partial charge is 0.234 e. The average Bonchev–Trinajstić information content (AvgIpc) is 2.88. The molecule has 4 N–H and O–H groups in total. The molecule has 0 spiro atoms. The van der Waals surface area contributed by atoms with Crippen molar-refractivity contribution in [3.8, 4) is 0 Å². The Kier molecular flexibility index (Phi) is 3.86. The van der Waals surface area contributed by atoms with Gasteiger partial charge in [0.15, 0.2) is 0 Å². The quantitative estimate of drug-likeness (QED) is 0.427. The number of aliphatic hydroxyl groups excluding tert-OH is 1. The summed E-state index contributed by atoms with van der Waals surface area (Å²) in [6.45, 7) is 1.59. The van der Waals surface area contributed by atoms with E-state index in [1.54, 1.807) is 0 Å². The average molecular weight is 202 g/mol. The van der Waals surface area contributed by atoms with Crippen LogP contribution >= 0.6 is 0 Å². The third kappa shape index (κ3) is 4.55. The van der Waals surface area contributed by atoms with Crippen molar-refractivity contribution < 1.29 is 15.0 Å². The molecule has 0 aromatic heterocycles. The maximum absolute atomic E-state index is 11.1. The SMILES string of the molecule is CC(O)(CO)CNCC(=O)NC1CC1. The number of hydrogen-bond donors (Lipinski definition) is 4. The van der Waals surface area contributed by atoms with Crippen molar-refractivity contribution >= 4 is 5.91 Å². The summed E-state index contributed by atoms with van der Waals surface area (Å²) in [5, 5.41) is 23.7. The minimum Gasteiger partial charge on any atom is -0.393 e. The molecule has 1 rings (SSSR count). The minimum absolute atomic E-state index is 0.0544. The van der Waals surface area contributed by atoms with Gasteiger partial charge in [-0.05, 0) is 19.8 Å². The van der Waals surface area contributed by atoms with Gasteiger partial charge in [0.2, 0.25) is 5.91 Å². The monoisotopic (exact) mass is 202 g/mol. The minimum atomic E-state index is -1.15. The van der Waals surface area contributed by atoms with Crippen molar-refractivity contribution in [1.82, 2.24) is 10.6 Å². The summed E-state index contributed by atoms with van der Waals surface area (Å²) in [5.41, 5.74) is -1.15. The summed E-state index contributed by atoms with van der Waals surface area (Å²) >= 11 is 0.